The van der Waals surface area contributed by atoms with Crippen molar-refractivity contribution in [3.63, 3.8) is 0 Å². The van der Waals surface area contributed by atoms with Gasteiger partial charge >= 0.3 is 0 Å². The second kappa shape index (κ2) is 9.34. The Morgan fingerprint density at radius 2 is 2.05 bits per heavy atom. The van der Waals surface area contributed by atoms with E-state index in [0.717, 1.165) is 18.4 Å². The van der Waals surface area contributed by atoms with Gasteiger partial charge in [-0.1, -0.05) is 17.7 Å². The molecule has 0 bridgehead atoms. The van der Waals surface area contributed by atoms with Crippen molar-refractivity contribution in [2.24, 2.45) is 19.8 Å². The molecule has 0 unspecified atom stereocenters. The van der Waals surface area contributed by atoms with Gasteiger partial charge in [0.25, 0.3) is 5.56 Å². The summed E-state index contributed by atoms with van der Waals surface area (Å²) in [5, 5.41) is 7.72. The van der Waals surface area contributed by atoms with Crippen LogP contribution in [0.25, 0.3) is 22.6 Å². The third kappa shape index (κ3) is 4.26. The minimum atomic E-state index is -0.217. The predicted molar refractivity (Wildman–Crippen MR) is 145 cm³/mol. The minimum absolute atomic E-state index is 0.217. The molecule has 6 rings (SSSR count). The second-order valence-electron chi connectivity index (χ2n) is 9.08. The van der Waals surface area contributed by atoms with Crippen molar-refractivity contribution in [3.8, 4) is 11.4 Å². The third-order valence-corrected chi connectivity index (χ3v) is 6.76. The molecule has 0 atom stereocenters. The molecule has 1 fully saturated rings. The number of nitrogens with two attached hydrogens (primary N) is 1. The average Bonchev–Trinajstić information content (AvgIpc) is 3.61. The normalized spacial score (nSPS) is 13.7. The molecular weight excluding hydrogens is 506 g/mol. The molecule has 5 aromatic rings. The van der Waals surface area contributed by atoms with Gasteiger partial charge in [0.15, 0.2) is 17.2 Å². The number of nitrogens with one attached hydrogen (secondary N) is 1. The fourth-order valence-electron chi connectivity index (χ4n) is 4.27. The van der Waals surface area contributed by atoms with Crippen LogP contribution in [-0.4, -0.2) is 33.9 Å². The summed E-state index contributed by atoms with van der Waals surface area (Å²) < 4.78 is 11.0. The smallest absolute Gasteiger partial charge is 0.278 e. The Morgan fingerprint density at radius 3 is 2.74 bits per heavy atom. The molecule has 11 nitrogen and oxygen atoms in total. The predicted octanol–water partition coefficient (Wildman–Crippen LogP) is 3.86. The lowest BCUT2D eigenvalue weighted by atomic mass is 10.1. The van der Waals surface area contributed by atoms with Crippen molar-refractivity contribution in [3.05, 3.63) is 88.1 Å². The fourth-order valence-corrected chi connectivity index (χ4v) is 4.57. The lowest BCUT2D eigenvalue weighted by Crippen LogP contribution is -2.22. The summed E-state index contributed by atoms with van der Waals surface area (Å²) in [6.07, 6.45) is 12.0. The van der Waals surface area contributed by atoms with Crippen LogP contribution in [0, 0.1) is 0 Å². The van der Waals surface area contributed by atoms with Crippen molar-refractivity contribution in [1.29, 1.82) is 0 Å². The highest BCUT2D eigenvalue weighted by Gasteiger charge is 2.26. The largest absolute Gasteiger partial charge is 0.450 e. The van der Waals surface area contributed by atoms with Crippen LogP contribution in [0.1, 0.15) is 30.0 Å². The summed E-state index contributed by atoms with van der Waals surface area (Å²) in [5.41, 5.74) is 9.23. The van der Waals surface area contributed by atoms with Gasteiger partial charge in [0.05, 0.1) is 18.1 Å². The number of aromatic nitrogens is 7. The maximum Gasteiger partial charge on any atom is 0.278 e. The Labute approximate surface area is 222 Å². The zero-order chi connectivity index (χ0) is 26.4. The summed E-state index contributed by atoms with van der Waals surface area (Å²) in [6, 6.07) is 7.30. The number of rotatable bonds is 7. The topological polar surface area (TPSA) is 131 Å². The summed E-state index contributed by atoms with van der Waals surface area (Å²) in [5.74, 6) is 1.47. The van der Waals surface area contributed by atoms with Gasteiger partial charge in [-0.3, -0.25) is 19.0 Å². The molecule has 38 heavy (non-hydrogen) atoms. The van der Waals surface area contributed by atoms with Gasteiger partial charge in [-0.05, 0) is 42.5 Å². The first-order valence-electron chi connectivity index (χ1n) is 12.0. The average molecular weight is 530 g/mol. The summed E-state index contributed by atoms with van der Waals surface area (Å²) in [7, 11) is 3.60. The summed E-state index contributed by atoms with van der Waals surface area (Å²) in [4.78, 5) is 26.7. The SMILES string of the molecule is Cn1cc(-n2cc(C3CC3)cc(Nc3nc4ncc(O/C(=C/N)c5ccccn5)c(Cl)c4n3C)c2=O)cn1. The Bertz CT molecular complexity index is 1750. The standard InChI is InChI=1S/C26H24ClN9O2/c1-34-14-17(11-31-34)36-13-16(15-6-7-15)9-19(25(36)37)32-26-33-24-23(35(26)2)22(27)21(12-30-24)38-20(10-28)18-5-3-4-8-29-18/h3-5,8-15H,6-7,28H2,1-2H3,(H,30,32,33)/b20-10+. The number of fused-ring (bicyclic) bond motifs is 1. The lowest BCUT2D eigenvalue weighted by Gasteiger charge is -2.12. The third-order valence-electron chi connectivity index (χ3n) is 6.40. The van der Waals surface area contributed by atoms with Gasteiger partial charge in [0, 0.05) is 38.9 Å². The molecule has 0 radical (unpaired) electrons. The van der Waals surface area contributed by atoms with Gasteiger partial charge in [-0.2, -0.15) is 10.1 Å². The van der Waals surface area contributed by atoms with Crippen LogP contribution in [0.2, 0.25) is 5.02 Å². The van der Waals surface area contributed by atoms with Gasteiger partial charge in [-0.25, -0.2) is 4.98 Å². The second-order valence-corrected chi connectivity index (χ2v) is 9.46. The molecule has 1 aliphatic carbocycles. The molecule has 0 aliphatic heterocycles. The Hall–Kier alpha value is -4.64. The Kier molecular flexibility index (Phi) is 5.84. The van der Waals surface area contributed by atoms with Crippen molar-refractivity contribution >= 4 is 40.2 Å². The van der Waals surface area contributed by atoms with Crippen molar-refractivity contribution in [1.82, 2.24) is 33.9 Å². The molecule has 0 saturated heterocycles. The zero-order valence-electron chi connectivity index (χ0n) is 20.7. The van der Waals surface area contributed by atoms with Crippen LogP contribution >= 0.6 is 11.6 Å². The maximum absolute atomic E-state index is 13.5. The molecule has 0 spiro atoms. The highest BCUT2D eigenvalue weighted by molar-refractivity contribution is 6.36. The lowest BCUT2D eigenvalue weighted by molar-refractivity contribution is 0.509. The van der Waals surface area contributed by atoms with Crippen LogP contribution < -0.4 is 21.3 Å². The van der Waals surface area contributed by atoms with E-state index in [1.165, 1.54) is 12.4 Å². The maximum atomic E-state index is 13.5. The van der Waals surface area contributed by atoms with E-state index in [4.69, 9.17) is 22.1 Å². The number of pyridine rings is 3. The number of halogens is 1. The molecule has 1 saturated carbocycles. The molecule has 192 valence electrons. The van der Waals surface area contributed by atoms with E-state index >= 15 is 0 Å². The number of ether oxygens (including phenoxy) is 1. The first kappa shape index (κ1) is 23.7. The number of anilines is 2. The van der Waals surface area contributed by atoms with Crippen LogP contribution in [0.4, 0.5) is 11.6 Å². The first-order valence-corrected chi connectivity index (χ1v) is 12.4. The van der Waals surface area contributed by atoms with E-state index in [2.05, 4.69) is 25.4 Å². The number of hydrogen-bond donors (Lipinski definition) is 2. The van der Waals surface area contributed by atoms with E-state index in [1.807, 2.05) is 25.4 Å². The van der Waals surface area contributed by atoms with Gasteiger partial charge in [0.2, 0.25) is 5.95 Å². The Morgan fingerprint density at radius 1 is 1.21 bits per heavy atom. The van der Waals surface area contributed by atoms with Crippen molar-refractivity contribution in [2.45, 2.75) is 18.8 Å². The summed E-state index contributed by atoms with van der Waals surface area (Å²) >= 11 is 6.75. The van der Waals surface area contributed by atoms with Gasteiger partial charge in [-0.15, -0.1) is 0 Å². The number of aryl methyl sites for hydroxylation is 2. The van der Waals surface area contributed by atoms with Crippen molar-refractivity contribution in [2.75, 3.05) is 5.32 Å². The van der Waals surface area contributed by atoms with Gasteiger partial charge < -0.3 is 20.4 Å². The molecule has 5 heterocycles. The van der Waals surface area contributed by atoms with E-state index < -0.39 is 0 Å². The first-order chi connectivity index (χ1) is 18.4. The van der Waals surface area contributed by atoms with E-state index in [0.29, 0.717) is 56.6 Å². The van der Waals surface area contributed by atoms with E-state index in [-0.39, 0.29) is 5.56 Å². The highest BCUT2D eigenvalue weighted by Crippen LogP contribution is 2.41. The monoisotopic (exact) mass is 529 g/mol. The van der Waals surface area contributed by atoms with Crippen LogP contribution in [0.15, 0.2) is 66.2 Å². The molecule has 5 aromatic heterocycles. The number of nitrogens with zero attached hydrogens (tertiary/aromatic N) is 7. The van der Waals surface area contributed by atoms with Crippen LogP contribution in [0.5, 0.6) is 5.75 Å². The quantitative estimate of drug-likeness (QED) is 0.304. The zero-order valence-corrected chi connectivity index (χ0v) is 21.4. The van der Waals surface area contributed by atoms with E-state index in [9.17, 15) is 4.79 Å². The molecule has 1 aliphatic rings. The van der Waals surface area contributed by atoms with Gasteiger partial charge in [0.1, 0.15) is 21.9 Å². The van der Waals surface area contributed by atoms with Crippen LogP contribution in [-0.2, 0) is 14.1 Å². The van der Waals surface area contributed by atoms with Crippen molar-refractivity contribution < 1.29 is 4.74 Å². The molecule has 3 N–H and O–H groups in total. The molecule has 0 amide bonds. The summed E-state index contributed by atoms with van der Waals surface area (Å²) in [6.45, 7) is 0. The van der Waals surface area contributed by atoms with Crippen LogP contribution in [0.3, 0.4) is 0 Å². The highest BCUT2D eigenvalue weighted by atomic mass is 35.5. The molecule has 12 heteroatoms. The van der Waals surface area contributed by atoms with E-state index in [1.54, 1.807) is 51.6 Å². The molecular formula is C26H24ClN9O2. The Balaban J connectivity index is 1.38. The number of imidazole rings is 1. The minimum Gasteiger partial charge on any atom is -0.450 e. The molecule has 0 aromatic carbocycles. The number of hydrogen-bond acceptors (Lipinski definition) is 8. The fraction of sp³-hybridized carbons (Fsp3) is 0.192.